The number of nitrogens with zero attached hydrogens (tertiary/aromatic N) is 5. The SMILES string of the molecule is Cc1ccc(NC(=O)c2cccc(C(C)C#N)c2)cc1-n1cc(-c2cncc(-c3ccncc3)c2)cn1. The third-order valence-corrected chi connectivity index (χ3v) is 6.22. The number of hydrogen-bond donors (Lipinski definition) is 1. The Kier molecular flexibility index (Phi) is 6.56. The number of aryl methyl sites for hydroxylation is 1. The molecule has 0 aliphatic carbocycles. The number of anilines is 1. The molecule has 0 saturated carbocycles. The predicted octanol–water partition coefficient (Wildman–Crippen LogP) is 6.18. The lowest BCUT2D eigenvalue weighted by molar-refractivity contribution is 0.102. The van der Waals surface area contributed by atoms with Gasteiger partial charge in [0.25, 0.3) is 5.91 Å². The number of amides is 1. The molecule has 3 aromatic heterocycles. The third-order valence-electron chi connectivity index (χ3n) is 6.22. The second-order valence-electron chi connectivity index (χ2n) is 8.80. The number of nitrogens with one attached hydrogen (secondary N) is 1. The van der Waals surface area contributed by atoms with E-state index in [9.17, 15) is 10.1 Å². The number of carbonyl (C=O) groups excluding carboxylic acids is 1. The van der Waals surface area contributed by atoms with Gasteiger partial charge in [-0.05, 0) is 73.0 Å². The molecular formula is C30H24N6O. The summed E-state index contributed by atoms with van der Waals surface area (Å²) >= 11 is 0. The Hall–Kier alpha value is -5.09. The van der Waals surface area contributed by atoms with Gasteiger partial charge in [0.1, 0.15) is 0 Å². The molecule has 1 unspecified atom stereocenters. The first kappa shape index (κ1) is 23.6. The van der Waals surface area contributed by atoms with Gasteiger partial charge < -0.3 is 5.32 Å². The van der Waals surface area contributed by atoms with Gasteiger partial charge in [-0.15, -0.1) is 0 Å². The summed E-state index contributed by atoms with van der Waals surface area (Å²) in [5.74, 6) is -0.518. The maximum atomic E-state index is 12.9. The molecule has 37 heavy (non-hydrogen) atoms. The van der Waals surface area contributed by atoms with Crippen LogP contribution in [0.15, 0.2) is 97.8 Å². The van der Waals surface area contributed by atoms with Crippen LogP contribution in [-0.4, -0.2) is 25.7 Å². The molecule has 0 fully saturated rings. The van der Waals surface area contributed by atoms with Crippen LogP contribution < -0.4 is 5.32 Å². The average molecular weight is 485 g/mol. The van der Waals surface area contributed by atoms with Gasteiger partial charge in [-0.3, -0.25) is 14.8 Å². The Balaban J connectivity index is 1.39. The molecule has 180 valence electrons. The summed E-state index contributed by atoms with van der Waals surface area (Å²) in [5.41, 5.74) is 7.77. The van der Waals surface area contributed by atoms with Gasteiger partial charge in [0, 0.05) is 58.9 Å². The molecular weight excluding hydrogens is 460 g/mol. The summed E-state index contributed by atoms with van der Waals surface area (Å²) in [6.45, 7) is 3.81. The topological polar surface area (TPSA) is 96.5 Å². The fraction of sp³-hybridized carbons (Fsp3) is 0.100. The second-order valence-corrected chi connectivity index (χ2v) is 8.80. The summed E-state index contributed by atoms with van der Waals surface area (Å²) in [6, 6.07) is 21.1. The summed E-state index contributed by atoms with van der Waals surface area (Å²) in [5, 5.41) is 16.7. The van der Waals surface area contributed by atoms with Crippen LogP contribution >= 0.6 is 0 Å². The van der Waals surface area contributed by atoms with Gasteiger partial charge in [0.15, 0.2) is 0 Å². The zero-order chi connectivity index (χ0) is 25.8. The highest BCUT2D eigenvalue weighted by Crippen LogP contribution is 2.27. The van der Waals surface area contributed by atoms with Crippen molar-refractivity contribution < 1.29 is 4.79 Å². The van der Waals surface area contributed by atoms with E-state index in [1.54, 1.807) is 41.5 Å². The molecule has 0 aliphatic rings. The highest BCUT2D eigenvalue weighted by molar-refractivity contribution is 6.04. The number of hydrogen-bond acceptors (Lipinski definition) is 5. The van der Waals surface area contributed by atoms with Gasteiger partial charge in [-0.2, -0.15) is 10.4 Å². The van der Waals surface area contributed by atoms with Crippen LogP contribution in [0.1, 0.15) is 34.3 Å². The van der Waals surface area contributed by atoms with Crippen molar-refractivity contribution in [2.75, 3.05) is 5.32 Å². The Bertz CT molecular complexity index is 1620. The molecule has 5 rings (SSSR count). The van der Waals surface area contributed by atoms with E-state index in [4.69, 9.17) is 0 Å². The minimum Gasteiger partial charge on any atom is -0.322 e. The van der Waals surface area contributed by atoms with Crippen LogP contribution in [0, 0.1) is 18.3 Å². The molecule has 0 bridgehead atoms. The molecule has 0 radical (unpaired) electrons. The van der Waals surface area contributed by atoms with Crippen molar-refractivity contribution in [1.29, 1.82) is 5.26 Å². The lowest BCUT2D eigenvalue weighted by Crippen LogP contribution is -2.13. The van der Waals surface area contributed by atoms with Crippen molar-refractivity contribution in [3.63, 3.8) is 0 Å². The van der Waals surface area contributed by atoms with Gasteiger partial charge in [0.2, 0.25) is 0 Å². The van der Waals surface area contributed by atoms with E-state index in [0.717, 1.165) is 39.1 Å². The summed E-state index contributed by atoms with van der Waals surface area (Å²) in [4.78, 5) is 21.4. The van der Waals surface area contributed by atoms with Gasteiger partial charge in [0.05, 0.1) is 23.9 Å². The number of carbonyl (C=O) groups is 1. The smallest absolute Gasteiger partial charge is 0.255 e. The van der Waals surface area contributed by atoms with E-state index in [-0.39, 0.29) is 11.8 Å². The lowest BCUT2D eigenvalue weighted by Gasteiger charge is -2.11. The monoisotopic (exact) mass is 484 g/mol. The standard InChI is InChI=1S/C30H24N6O/c1-20-6-7-28(35-30(37)24-5-3-4-23(12-24)21(2)15-31)14-29(20)36-19-27(18-34-36)26-13-25(16-33-17-26)22-8-10-32-11-9-22/h3-14,16-19,21H,1-2H3,(H,35,37). The highest BCUT2D eigenvalue weighted by Gasteiger charge is 2.12. The Morgan fingerprint density at radius 3 is 2.49 bits per heavy atom. The number of aromatic nitrogens is 4. The summed E-state index contributed by atoms with van der Waals surface area (Å²) in [6.07, 6.45) is 10.9. The maximum absolute atomic E-state index is 12.9. The first-order chi connectivity index (χ1) is 18.0. The van der Waals surface area contributed by atoms with Gasteiger partial charge in [-0.25, -0.2) is 4.68 Å². The maximum Gasteiger partial charge on any atom is 0.255 e. The zero-order valence-corrected chi connectivity index (χ0v) is 20.5. The Morgan fingerprint density at radius 1 is 0.919 bits per heavy atom. The van der Waals surface area contributed by atoms with Crippen molar-refractivity contribution >= 4 is 11.6 Å². The molecule has 2 aromatic carbocycles. The van der Waals surface area contributed by atoms with Crippen LogP contribution in [-0.2, 0) is 0 Å². The van der Waals surface area contributed by atoms with Crippen LogP contribution in [0.25, 0.3) is 27.9 Å². The minimum atomic E-state index is -0.284. The summed E-state index contributed by atoms with van der Waals surface area (Å²) in [7, 11) is 0. The quantitative estimate of drug-likeness (QED) is 0.310. The molecule has 1 amide bonds. The van der Waals surface area contributed by atoms with Crippen LogP contribution in [0.5, 0.6) is 0 Å². The molecule has 1 atom stereocenters. The molecule has 0 aliphatic heterocycles. The van der Waals surface area contributed by atoms with Crippen molar-refractivity contribution in [1.82, 2.24) is 19.7 Å². The van der Waals surface area contributed by atoms with Gasteiger partial charge in [-0.1, -0.05) is 18.2 Å². The van der Waals surface area contributed by atoms with Crippen molar-refractivity contribution in [2.45, 2.75) is 19.8 Å². The van der Waals surface area contributed by atoms with Crippen molar-refractivity contribution in [3.05, 3.63) is 115 Å². The molecule has 1 N–H and O–H groups in total. The fourth-order valence-electron chi connectivity index (χ4n) is 4.06. The molecule has 5 aromatic rings. The first-order valence-corrected chi connectivity index (χ1v) is 11.8. The number of rotatable bonds is 6. The molecule has 7 nitrogen and oxygen atoms in total. The van der Waals surface area contributed by atoms with E-state index in [1.807, 2.05) is 68.8 Å². The second kappa shape index (κ2) is 10.3. The fourth-order valence-corrected chi connectivity index (χ4v) is 4.06. The number of pyridine rings is 2. The van der Waals surface area contributed by atoms with Crippen LogP contribution in [0.3, 0.4) is 0 Å². The van der Waals surface area contributed by atoms with E-state index >= 15 is 0 Å². The largest absolute Gasteiger partial charge is 0.322 e. The van der Waals surface area contributed by atoms with Gasteiger partial charge >= 0.3 is 0 Å². The normalized spacial score (nSPS) is 11.5. The van der Waals surface area contributed by atoms with E-state index in [0.29, 0.717) is 11.3 Å². The third kappa shape index (κ3) is 5.14. The average Bonchev–Trinajstić information content (AvgIpc) is 3.44. The van der Waals surface area contributed by atoms with Crippen LogP contribution in [0.2, 0.25) is 0 Å². The lowest BCUT2D eigenvalue weighted by atomic mass is 10.0. The first-order valence-electron chi connectivity index (χ1n) is 11.8. The van der Waals surface area contributed by atoms with Crippen molar-refractivity contribution in [2.24, 2.45) is 0 Å². The summed E-state index contributed by atoms with van der Waals surface area (Å²) < 4.78 is 1.80. The molecule has 0 spiro atoms. The Morgan fingerprint density at radius 2 is 1.70 bits per heavy atom. The molecule has 7 heteroatoms. The van der Waals surface area contributed by atoms with Crippen molar-refractivity contribution in [3.8, 4) is 34.0 Å². The van der Waals surface area contributed by atoms with E-state index < -0.39 is 0 Å². The number of benzene rings is 2. The predicted molar refractivity (Wildman–Crippen MR) is 143 cm³/mol. The zero-order valence-electron chi connectivity index (χ0n) is 20.5. The molecule has 3 heterocycles. The highest BCUT2D eigenvalue weighted by atomic mass is 16.1. The number of nitriles is 1. The Labute approximate surface area is 215 Å². The van der Waals surface area contributed by atoms with E-state index in [1.165, 1.54) is 0 Å². The van der Waals surface area contributed by atoms with Crippen LogP contribution in [0.4, 0.5) is 5.69 Å². The molecule has 0 saturated heterocycles. The van der Waals surface area contributed by atoms with E-state index in [2.05, 4.69) is 32.5 Å². The minimum absolute atomic E-state index is 0.234.